The van der Waals surface area contributed by atoms with Gasteiger partial charge >= 0.3 is 0 Å². The molecule has 0 atom stereocenters. The van der Waals surface area contributed by atoms with Crippen LogP contribution in [0.1, 0.15) is 36.5 Å². The SMILES string of the molecule is CCCCc1ccc(COc2cccc(C)c2)cc1. The lowest BCUT2D eigenvalue weighted by molar-refractivity contribution is 0.306. The Morgan fingerprint density at radius 2 is 1.68 bits per heavy atom. The van der Waals surface area contributed by atoms with Gasteiger partial charge in [-0.05, 0) is 48.6 Å². The third kappa shape index (κ3) is 4.44. The molecule has 0 amide bonds. The van der Waals surface area contributed by atoms with Crippen molar-refractivity contribution < 1.29 is 4.74 Å². The molecule has 0 aliphatic heterocycles. The van der Waals surface area contributed by atoms with Gasteiger partial charge in [-0.2, -0.15) is 0 Å². The Morgan fingerprint density at radius 3 is 2.37 bits per heavy atom. The summed E-state index contributed by atoms with van der Waals surface area (Å²) in [4.78, 5) is 0. The average Bonchev–Trinajstić information content (AvgIpc) is 2.44. The number of benzene rings is 2. The topological polar surface area (TPSA) is 9.23 Å². The molecule has 2 rings (SSSR count). The summed E-state index contributed by atoms with van der Waals surface area (Å²) in [5, 5.41) is 0. The van der Waals surface area contributed by atoms with Crippen molar-refractivity contribution in [3.05, 3.63) is 65.2 Å². The molecule has 0 saturated heterocycles. The molecule has 0 unspecified atom stereocenters. The summed E-state index contributed by atoms with van der Waals surface area (Å²) in [6.45, 7) is 4.94. The van der Waals surface area contributed by atoms with E-state index in [4.69, 9.17) is 4.74 Å². The molecule has 0 saturated carbocycles. The first-order valence-electron chi connectivity index (χ1n) is 7.05. The molecule has 0 radical (unpaired) electrons. The molecule has 0 heterocycles. The van der Waals surface area contributed by atoms with Gasteiger partial charge in [0.15, 0.2) is 0 Å². The van der Waals surface area contributed by atoms with Crippen LogP contribution in [0.15, 0.2) is 48.5 Å². The minimum Gasteiger partial charge on any atom is -0.489 e. The standard InChI is InChI=1S/C18H22O/c1-3-4-7-16-9-11-17(12-10-16)14-19-18-8-5-6-15(2)13-18/h5-6,8-13H,3-4,7,14H2,1-2H3. The maximum absolute atomic E-state index is 5.79. The minimum atomic E-state index is 0.636. The summed E-state index contributed by atoms with van der Waals surface area (Å²) in [6, 6.07) is 16.9. The minimum absolute atomic E-state index is 0.636. The quantitative estimate of drug-likeness (QED) is 0.711. The molecule has 1 nitrogen and oxygen atoms in total. The summed E-state index contributed by atoms with van der Waals surface area (Å²) in [6.07, 6.45) is 3.69. The Labute approximate surface area is 116 Å². The molecule has 2 aromatic carbocycles. The second-order valence-electron chi connectivity index (χ2n) is 5.03. The van der Waals surface area contributed by atoms with Gasteiger partial charge in [0.2, 0.25) is 0 Å². The van der Waals surface area contributed by atoms with Gasteiger partial charge < -0.3 is 4.74 Å². The van der Waals surface area contributed by atoms with Crippen LogP contribution >= 0.6 is 0 Å². The number of ether oxygens (including phenoxy) is 1. The lowest BCUT2D eigenvalue weighted by atomic mass is 10.1. The van der Waals surface area contributed by atoms with E-state index in [1.807, 2.05) is 12.1 Å². The van der Waals surface area contributed by atoms with Crippen LogP contribution in [0, 0.1) is 6.92 Å². The largest absolute Gasteiger partial charge is 0.489 e. The highest BCUT2D eigenvalue weighted by Gasteiger charge is 1.97. The maximum atomic E-state index is 5.79. The van der Waals surface area contributed by atoms with E-state index in [-0.39, 0.29) is 0 Å². The summed E-state index contributed by atoms with van der Waals surface area (Å²) in [5.74, 6) is 0.940. The van der Waals surface area contributed by atoms with Crippen molar-refractivity contribution in [2.75, 3.05) is 0 Å². The molecule has 2 aromatic rings. The molecule has 19 heavy (non-hydrogen) atoms. The maximum Gasteiger partial charge on any atom is 0.120 e. The summed E-state index contributed by atoms with van der Waals surface area (Å²) in [7, 11) is 0. The molecule has 0 aliphatic carbocycles. The van der Waals surface area contributed by atoms with E-state index < -0.39 is 0 Å². The Kier molecular flexibility index (Phi) is 5.02. The smallest absolute Gasteiger partial charge is 0.120 e. The number of aryl methyl sites for hydroxylation is 2. The fourth-order valence-corrected chi connectivity index (χ4v) is 2.05. The second kappa shape index (κ2) is 6.98. The highest BCUT2D eigenvalue weighted by molar-refractivity contribution is 5.28. The summed E-state index contributed by atoms with van der Waals surface area (Å²) in [5.41, 5.74) is 3.87. The zero-order valence-corrected chi connectivity index (χ0v) is 11.9. The van der Waals surface area contributed by atoms with E-state index in [2.05, 4.69) is 50.2 Å². The van der Waals surface area contributed by atoms with Gasteiger partial charge in [-0.3, -0.25) is 0 Å². The average molecular weight is 254 g/mol. The van der Waals surface area contributed by atoms with Crippen LogP contribution in [-0.4, -0.2) is 0 Å². The number of unbranched alkanes of at least 4 members (excludes halogenated alkanes) is 1. The van der Waals surface area contributed by atoms with Gasteiger partial charge in [-0.1, -0.05) is 49.7 Å². The number of hydrogen-bond acceptors (Lipinski definition) is 1. The van der Waals surface area contributed by atoms with Crippen LogP contribution in [0.2, 0.25) is 0 Å². The fraction of sp³-hybridized carbons (Fsp3) is 0.333. The molecule has 0 N–H and O–H groups in total. The molecule has 0 aliphatic rings. The zero-order valence-electron chi connectivity index (χ0n) is 11.9. The van der Waals surface area contributed by atoms with Crippen LogP contribution in [0.4, 0.5) is 0 Å². The van der Waals surface area contributed by atoms with Crippen molar-refractivity contribution in [2.24, 2.45) is 0 Å². The monoisotopic (exact) mass is 254 g/mol. The molecule has 0 aromatic heterocycles. The van der Waals surface area contributed by atoms with E-state index >= 15 is 0 Å². The molecular weight excluding hydrogens is 232 g/mol. The Morgan fingerprint density at radius 1 is 0.947 bits per heavy atom. The van der Waals surface area contributed by atoms with E-state index in [0.717, 1.165) is 5.75 Å². The van der Waals surface area contributed by atoms with Crippen LogP contribution in [-0.2, 0) is 13.0 Å². The summed E-state index contributed by atoms with van der Waals surface area (Å²) < 4.78 is 5.79. The van der Waals surface area contributed by atoms with Gasteiger partial charge in [0, 0.05) is 0 Å². The van der Waals surface area contributed by atoms with E-state index in [1.165, 1.54) is 36.0 Å². The van der Waals surface area contributed by atoms with Crippen LogP contribution in [0.3, 0.4) is 0 Å². The van der Waals surface area contributed by atoms with E-state index in [9.17, 15) is 0 Å². The van der Waals surface area contributed by atoms with Gasteiger partial charge in [0.05, 0.1) is 0 Å². The van der Waals surface area contributed by atoms with Crippen molar-refractivity contribution in [1.29, 1.82) is 0 Å². The molecule has 0 bridgehead atoms. The van der Waals surface area contributed by atoms with Gasteiger partial charge in [-0.25, -0.2) is 0 Å². The first-order valence-corrected chi connectivity index (χ1v) is 7.05. The van der Waals surface area contributed by atoms with Gasteiger partial charge in [-0.15, -0.1) is 0 Å². The highest BCUT2D eigenvalue weighted by Crippen LogP contribution is 2.15. The van der Waals surface area contributed by atoms with Crippen LogP contribution in [0.5, 0.6) is 5.75 Å². The predicted octanol–water partition coefficient (Wildman–Crippen LogP) is 4.92. The molecule has 0 spiro atoms. The third-order valence-corrected chi connectivity index (χ3v) is 3.24. The predicted molar refractivity (Wildman–Crippen MR) is 80.6 cm³/mol. The van der Waals surface area contributed by atoms with E-state index in [1.54, 1.807) is 0 Å². The summed E-state index contributed by atoms with van der Waals surface area (Å²) >= 11 is 0. The normalized spacial score (nSPS) is 10.4. The van der Waals surface area contributed by atoms with Gasteiger partial charge in [0.25, 0.3) is 0 Å². The number of rotatable bonds is 6. The van der Waals surface area contributed by atoms with Crippen molar-refractivity contribution >= 4 is 0 Å². The first-order chi connectivity index (χ1) is 9.28. The zero-order chi connectivity index (χ0) is 13.5. The Hall–Kier alpha value is -1.76. The molecule has 100 valence electrons. The molecule has 0 fully saturated rings. The number of hydrogen-bond donors (Lipinski definition) is 0. The van der Waals surface area contributed by atoms with Crippen molar-refractivity contribution in [1.82, 2.24) is 0 Å². The van der Waals surface area contributed by atoms with E-state index in [0.29, 0.717) is 6.61 Å². The lowest BCUT2D eigenvalue weighted by Crippen LogP contribution is -1.96. The third-order valence-electron chi connectivity index (χ3n) is 3.24. The highest BCUT2D eigenvalue weighted by atomic mass is 16.5. The molecule has 1 heteroatoms. The van der Waals surface area contributed by atoms with Crippen molar-refractivity contribution in [3.63, 3.8) is 0 Å². The Balaban J connectivity index is 1.89. The van der Waals surface area contributed by atoms with Crippen molar-refractivity contribution in [2.45, 2.75) is 39.7 Å². The van der Waals surface area contributed by atoms with Gasteiger partial charge in [0.1, 0.15) is 12.4 Å². The molecular formula is C18H22O. The van der Waals surface area contributed by atoms with Crippen LogP contribution < -0.4 is 4.74 Å². The Bertz CT molecular complexity index is 499. The fourth-order valence-electron chi connectivity index (χ4n) is 2.05. The second-order valence-corrected chi connectivity index (χ2v) is 5.03. The van der Waals surface area contributed by atoms with Crippen LogP contribution in [0.25, 0.3) is 0 Å². The van der Waals surface area contributed by atoms with Crippen molar-refractivity contribution in [3.8, 4) is 5.75 Å². The first kappa shape index (κ1) is 13.7. The lowest BCUT2D eigenvalue weighted by Gasteiger charge is -2.08.